The molecule has 4 rings (SSSR count). The van der Waals surface area contributed by atoms with Gasteiger partial charge in [-0.15, -0.1) is 0 Å². The molecule has 1 aliphatic heterocycles. The van der Waals surface area contributed by atoms with Gasteiger partial charge in [-0.05, 0) is 58.6 Å². The van der Waals surface area contributed by atoms with Gasteiger partial charge < -0.3 is 25.6 Å². The molecule has 1 saturated heterocycles. The van der Waals surface area contributed by atoms with E-state index in [0.29, 0.717) is 29.2 Å². The summed E-state index contributed by atoms with van der Waals surface area (Å²) in [6.45, 7) is 5.22. The van der Waals surface area contributed by atoms with Crippen molar-refractivity contribution in [2.24, 2.45) is 11.7 Å². The summed E-state index contributed by atoms with van der Waals surface area (Å²) >= 11 is 0. The fourth-order valence-corrected chi connectivity index (χ4v) is 4.59. The number of carbonyl (C=O) groups is 2. The van der Waals surface area contributed by atoms with Crippen molar-refractivity contribution in [3.8, 4) is 23.5 Å². The van der Waals surface area contributed by atoms with E-state index in [-0.39, 0.29) is 35.8 Å². The van der Waals surface area contributed by atoms with Crippen LogP contribution in [0.4, 0.5) is 8.78 Å². The molecule has 1 aliphatic carbocycles. The Labute approximate surface area is 213 Å². The Morgan fingerprint density at radius 1 is 1.30 bits per heavy atom. The highest BCUT2D eigenvalue weighted by atomic mass is 19.3. The molecule has 0 bridgehead atoms. The van der Waals surface area contributed by atoms with Crippen LogP contribution in [0.15, 0.2) is 18.3 Å². The summed E-state index contributed by atoms with van der Waals surface area (Å²) in [5, 5.41) is 13.4. The van der Waals surface area contributed by atoms with Gasteiger partial charge >= 0.3 is 5.92 Å². The van der Waals surface area contributed by atoms with Crippen LogP contribution in [0.5, 0.6) is 11.6 Å². The molecule has 0 radical (unpaired) electrons. The van der Waals surface area contributed by atoms with E-state index in [0.717, 1.165) is 12.8 Å². The number of carbonyl (C=O) groups excluding carboxylic acids is 2. The minimum absolute atomic E-state index is 0.109. The van der Waals surface area contributed by atoms with Crippen LogP contribution in [0.2, 0.25) is 0 Å². The van der Waals surface area contributed by atoms with Gasteiger partial charge in [-0.3, -0.25) is 9.59 Å². The van der Waals surface area contributed by atoms with Crippen molar-refractivity contribution >= 4 is 22.6 Å². The fourth-order valence-electron chi connectivity index (χ4n) is 4.59. The maximum atomic E-state index is 13.6. The number of amides is 2. The summed E-state index contributed by atoms with van der Waals surface area (Å²) < 4.78 is 38.8. The predicted molar refractivity (Wildman–Crippen MR) is 132 cm³/mol. The molecule has 198 valence electrons. The number of hydrogen-bond donors (Lipinski definition) is 3. The van der Waals surface area contributed by atoms with Crippen molar-refractivity contribution in [3.05, 3.63) is 29.5 Å². The molecular weight excluding hydrogens is 484 g/mol. The number of aromatic nitrogens is 1. The minimum Gasteiger partial charge on any atom is -0.490 e. The minimum atomic E-state index is -3.44. The quantitative estimate of drug-likeness (QED) is 0.507. The first-order chi connectivity index (χ1) is 17.3. The van der Waals surface area contributed by atoms with Crippen LogP contribution in [0, 0.1) is 17.8 Å². The van der Waals surface area contributed by atoms with Gasteiger partial charge in [0.15, 0.2) is 0 Å². The number of nitrogens with two attached hydrogens (primary N) is 1. The average Bonchev–Trinajstić information content (AvgIpc) is 3.07. The van der Waals surface area contributed by atoms with Gasteiger partial charge in [-0.25, -0.2) is 4.98 Å². The van der Waals surface area contributed by atoms with E-state index in [9.17, 15) is 23.5 Å². The van der Waals surface area contributed by atoms with Crippen molar-refractivity contribution in [1.29, 1.82) is 0 Å². The number of ether oxygens (including phenoxy) is 2. The molecule has 0 spiro atoms. The Hall–Kier alpha value is -3.45. The zero-order chi connectivity index (χ0) is 27.0. The number of hydrogen-bond acceptors (Lipinski definition) is 6. The normalized spacial score (nSPS) is 24.9. The molecule has 2 fully saturated rings. The highest BCUT2D eigenvalue weighted by Crippen LogP contribution is 2.35. The topological polar surface area (TPSA) is 124 Å². The molecule has 2 aliphatic rings. The summed E-state index contributed by atoms with van der Waals surface area (Å²) in [6, 6.07) is 2.28. The lowest BCUT2D eigenvalue weighted by Crippen LogP contribution is -2.33. The first-order valence-electron chi connectivity index (χ1n) is 12.3. The third kappa shape index (κ3) is 6.10. The number of nitrogens with zero attached hydrogens (tertiary/aromatic N) is 1. The highest BCUT2D eigenvalue weighted by molar-refractivity contribution is 6.03. The molecule has 2 aromatic rings. The van der Waals surface area contributed by atoms with Crippen molar-refractivity contribution in [2.45, 2.75) is 76.5 Å². The van der Waals surface area contributed by atoms with E-state index in [1.54, 1.807) is 26.0 Å². The van der Waals surface area contributed by atoms with Crippen LogP contribution in [0.3, 0.4) is 0 Å². The number of fused-ring (bicyclic) bond motifs is 1. The Balaban J connectivity index is 1.70. The van der Waals surface area contributed by atoms with Gasteiger partial charge in [0.2, 0.25) is 5.88 Å². The number of benzene rings is 1. The third-order valence-electron chi connectivity index (χ3n) is 6.64. The molecule has 0 unspecified atom stereocenters. The maximum Gasteiger partial charge on any atom is 0.326 e. The number of nitrogens with one attached hydrogen (secondary N) is 1. The largest absolute Gasteiger partial charge is 0.490 e. The molecule has 2 heterocycles. The van der Waals surface area contributed by atoms with E-state index < -0.39 is 35.8 Å². The van der Waals surface area contributed by atoms with E-state index in [4.69, 9.17) is 15.2 Å². The molecule has 10 heteroatoms. The highest BCUT2D eigenvalue weighted by Gasteiger charge is 2.48. The number of pyridine rings is 1. The lowest BCUT2D eigenvalue weighted by Gasteiger charge is -2.30. The second-order valence-electron chi connectivity index (χ2n) is 10.3. The SMILES string of the molecule is CC(C)Oc1cc2c(OC[C@@H]3CC(F)(F)C(=O)N3)ncc(C#C[C@H]3CC[C@@](C)(O)CC3)c2cc1C(N)=O. The summed E-state index contributed by atoms with van der Waals surface area (Å²) in [7, 11) is 0. The van der Waals surface area contributed by atoms with Crippen LogP contribution >= 0.6 is 0 Å². The van der Waals surface area contributed by atoms with E-state index in [1.165, 1.54) is 6.20 Å². The maximum absolute atomic E-state index is 13.6. The first kappa shape index (κ1) is 26.6. The molecule has 1 saturated carbocycles. The number of rotatable bonds is 6. The van der Waals surface area contributed by atoms with Crippen molar-refractivity contribution in [2.75, 3.05) is 6.61 Å². The number of halogens is 2. The van der Waals surface area contributed by atoms with Crippen LogP contribution in [0.1, 0.15) is 68.8 Å². The number of aliphatic hydroxyl groups is 1. The van der Waals surface area contributed by atoms with Crippen LogP contribution < -0.4 is 20.5 Å². The van der Waals surface area contributed by atoms with Crippen LogP contribution in [-0.2, 0) is 4.79 Å². The van der Waals surface area contributed by atoms with Gasteiger partial charge in [-0.2, -0.15) is 8.78 Å². The van der Waals surface area contributed by atoms with E-state index in [2.05, 4.69) is 22.1 Å². The molecule has 2 amide bonds. The van der Waals surface area contributed by atoms with E-state index >= 15 is 0 Å². The van der Waals surface area contributed by atoms with Crippen LogP contribution in [0.25, 0.3) is 10.8 Å². The number of alkyl halides is 2. The summed E-state index contributed by atoms with van der Waals surface area (Å²) in [5.74, 6) is 1.44. The van der Waals surface area contributed by atoms with Gasteiger partial charge in [-0.1, -0.05) is 11.8 Å². The van der Waals surface area contributed by atoms with Gasteiger partial charge in [0.1, 0.15) is 12.4 Å². The van der Waals surface area contributed by atoms with Crippen molar-refractivity contribution in [3.63, 3.8) is 0 Å². The standard InChI is InChI=1S/C27H31F2N3O5/c1-15(2)37-22-11-20-19(10-21(22)23(30)33)17(5-4-16-6-8-26(3,35)9-7-16)13-31-24(20)36-14-18-12-27(28,29)25(34)32-18/h10-11,13,15-16,18,35H,6-9,12,14H2,1-3H3,(H2,30,33)(H,32,34)/t16-,18-,26+/m0/s1. The Morgan fingerprint density at radius 3 is 2.59 bits per heavy atom. The summed E-state index contributed by atoms with van der Waals surface area (Å²) in [5.41, 5.74) is 5.66. The Morgan fingerprint density at radius 2 is 2.00 bits per heavy atom. The van der Waals surface area contributed by atoms with Crippen molar-refractivity contribution in [1.82, 2.24) is 10.3 Å². The predicted octanol–water partition coefficient (Wildman–Crippen LogP) is 3.32. The Kier molecular flexibility index (Phi) is 7.29. The lowest BCUT2D eigenvalue weighted by atomic mass is 9.80. The lowest BCUT2D eigenvalue weighted by molar-refractivity contribution is -0.139. The summed E-state index contributed by atoms with van der Waals surface area (Å²) in [4.78, 5) is 28.0. The average molecular weight is 516 g/mol. The molecule has 8 nitrogen and oxygen atoms in total. The molecule has 37 heavy (non-hydrogen) atoms. The monoisotopic (exact) mass is 515 g/mol. The van der Waals surface area contributed by atoms with Gasteiger partial charge in [0.05, 0.1) is 28.9 Å². The zero-order valence-corrected chi connectivity index (χ0v) is 21.1. The second-order valence-corrected chi connectivity index (χ2v) is 10.3. The third-order valence-corrected chi connectivity index (χ3v) is 6.64. The first-order valence-corrected chi connectivity index (χ1v) is 12.3. The molecule has 4 N–H and O–H groups in total. The summed E-state index contributed by atoms with van der Waals surface area (Å²) in [6.07, 6.45) is 3.43. The van der Waals surface area contributed by atoms with E-state index in [1.807, 2.05) is 6.92 Å². The van der Waals surface area contributed by atoms with Gasteiger partial charge in [0.25, 0.3) is 11.8 Å². The molecule has 1 aromatic carbocycles. The number of primary amides is 1. The molecule has 1 atom stereocenters. The Bertz CT molecular complexity index is 1270. The molecular formula is C27H31F2N3O5. The zero-order valence-electron chi connectivity index (χ0n) is 21.1. The fraction of sp³-hybridized carbons (Fsp3) is 0.519. The van der Waals surface area contributed by atoms with Crippen LogP contribution in [-0.4, -0.2) is 52.2 Å². The van der Waals surface area contributed by atoms with Gasteiger partial charge in [0, 0.05) is 29.3 Å². The second kappa shape index (κ2) is 10.1. The smallest absolute Gasteiger partial charge is 0.326 e. The molecule has 1 aromatic heterocycles. The van der Waals surface area contributed by atoms with Crippen molar-refractivity contribution < 1.29 is 33.0 Å².